The number of carbonyl (C=O) groups excluding carboxylic acids is 1. The van der Waals surface area contributed by atoms with Gasteiger partial charge in [0.1, 0.15) is 12.1 Å². The fourth-order valence-corrected chi connectivity index (χ4v) is 3.13. The van der Waals surface area contributed by atoms with Crippen molar-refractivity contribution < 1.29 is 18.3 Å². The first-order chi connectivity index (χ1) is 13.1. The lowest BCUT2D eigenvalue weighted by molar-refractivity contribution is -0.0498. The summed E-state index contributed by atoms with van der Waals surface area (Å²) in [6.45, 7) is -2.58. The fourth-order valence-electron chi connectivity index (χ4n) is 2.34. The molecule has 0 radical (unpaired) electrons. The average Bonchev–Trinajstić information content (AvgIpc) is 3.19. The molecule has 9 heteroatoms. The first-order valence-electron chi connectivity index (χ1n) is 8.00. The molecule has 0 saturated heterocycles. The molecule has 0 fully saturated rings. The molecule has 2 aromatic carbocycles. The van der Waals surface area contributed by atoms with Crippen molar-refractivity contribution in [2.24, 2.45) is 0 Å². The molecule has 0 aliphatic heterocycles. The zero-order valence-electron chi connectivity index (χ0n) is 14.1. The van der Waals surface area contributed by atoms with Crippen molar-refractivity contribution >= 4 is 17.7 Å². The molecule has 0 aliphatic rings. The predicted octanol–water partition coefficient (Wildman–Crippen LogP) is 3.63. The molecule has 1 heterocycles. The average molecular weight is 390 g/mol. The number of halogens is 2. The van der Waals surface area contributed by atoms with Crippen LogP contribution in [0.3, 0.4) is 0 Å². The van der Waals surface area contributed by atoms with Gasteiger partial charge in [0.15, 0.2) is 5.16 Å². The summed E-state index contributed by atoms with van der Waals surface area (Å²) in [7, 11) is 0. The highest BCUT2D eigenvalue weighted by Gasteiger charge is 2.12. The molecular formula is C18H16F2N4O2S. The molecule has 0 bridgehead atoms. The second kappa shape index (κ2) is 9.13. The topological polar surface area (TPSA) is 79.9 Å². The lowest BCUT2D eigenvalue weighted by Crippen LogP contribution is -2.23. The van der Waals surface area contributed by atoms with Crippen LogP contribution in [0.2, 0.25) is 0 Å². The minimum Gasteiger partial charge on any atom is -0.435 e. The normalized spacial score (nSPS) is 10.8. The number of nitrogens with one attached hydrogen (secondary N) is 2. The first-order valence-corrected chi connectivity index (χ1v) is 8.98. The molecule has 0 aliphatic carbocycles. The third kappa shape index (κ3) is 5.52. The van der Waals surface area contributed by atoms with E-state index in [9.17, 15) is 13.6 Å². The van der Waals surface area contributed by atoms with Gasteiger partial charge in [-0.1, -0.05) is 42.1 Å². The van der Waals surface area contributed by atoms with Crippen LogP contribution in [0.25, 0.3) is 0 Å². The molecule has 3 rings (SSSR count). The van der Waals surface area contributed by atoms with Gasteiger partial charge in [-0.05, 0) is 29.3 Å². The zero-order chi connectivity index (χ0) is 19.1. The Labute approximate surface area is 158 Å². The van der Waals surface area contributed by atoms with Crippen LogP contribution < -0.4 is 10.1 Å². The van der Waals surface area contributed by atoms with Gasteiger partial charge < -0.3 is 10.1 Å². The van der Waals surface area contributed by atoms with Crippen molar-refractivity contribution in [3.63, 3.8) is 0 Å². The summed E-state index contributed by atoms with van der Waals surface area (Å²) in [5, 5.41) is 10.1. The highest BCUT2D eigenvalue weighted by atomic mass is 32.2. The lowest BCUT2D eigenvalue weighted by atomic mass is 10.1. The van der Waals surface area contributed by atoms with Crippen LogP contribution in [0.15, 0.2) is 60.0 Å². The molecule has 0 unspecified atom stereocenters. The van der Waals surface area contributed by atoms with E-state index in [0.717, 1.165) is 11.1 Å². The molecule has 6 nitrogen and oxygen atoms in total. The van der Waals surface area contributed by atoms with E-state index in [4.69, 9.17) is 0 Å². The summed E-state index contributed by atoms with van der Waals surface area (Å²) >= 11 is 1.45. The number of hydrogen-bond donors (Lipinski definition) is 2. The maximum Gasteiger partial charge on any atom is 0.387 e. The number of alkyl halides is 2. The minimum absolute atomic E-state index is 0.0786. The zero-order valence-corrected chi connectivity index (χ0v) is 14.9. The van der Waals surface area contributed by atoms with Crippen molar-refractivity contribution in [1.82, 2.24) is 20.5 Å². The van der Waals surface area contributed by atoms with Gasteiger partial charge in [-0.15, -0.1) is 0 Å². The van der Waals surface area contributed by atoms with Gasteiger partial charge in [0.2, 0.25) is 0 Å². The number of nitrogens with zero attached hydrogens (tertiary/aromatic N) is 2. The summed E-state index contributed by atoms with van der Waals surface area (Å²) in [4.78, 5) is 16.6. The Balaban J connectivity index is 1.59. The van der Waals surface area contributed by atoms with E-state index in [1.165, 1.54) is 30.2 Å². The van der Waals surface area contributed by atoms with E-state index < -0.39 is 6.61 Å². The van der Waals surface area contributed by atoms with Crippen molar-refractivity contribution in [3.8, 4) is 5.75 Å². The number of aromatic nitrogens is 3. The van der Waals surface area contributed by atoms with Crippen LogP contribution >= 0.6 is 11.8 Å². The van der Waals surface area contributed by atoms with Gasteiger partial charge in [0.25, 0.3) is 5.91 Å². The Morgan fingerprint density at radius 2 is 1.96 bits per heavy atom. The number of aromatic amines is 1. The minimum atomic E-state index is -2.86. The van der Waals surface area contributed by atoms with Crippen LogP contribution in [0.1, 0.15) is 21.5 Å². The maximum atomic E-state index is 12.5. The van der Waals surface area contributed by atoms with Crippen molar-refractivity contribution in [1.29, 1.82) is 0 Å². The van der Waals surface area contributed by atoms with Crippen LogP contribution in [-0.4, -0.2) is 27.7 Å². The van der Waals surface area contributed by atoms with E-state index in [2.05, 4.69) is 25.2 Å². The molecule has 1 aromatic heterocycles. The monoisotopic (exact) mass is 390 g/mol. The lowest BCUT2D eigenvalue weighted by Gasteiger charge is -2.10. The summed E-state index contributed by atoms with van der Waals surface area (Å²) in [5.41, 5.74) is 2.22. The summed E-state index contributed by atoms with van der Waals surface area (Å²) in [5.74, 6) is 0.435. The first kappa shape index (κ1) is 18.8. The number of rotatable bonds is 8. The Morgan fingerprint density at radius 1 is 1.19 bits per heavy atom. The molecule has 0 atom stereocenters. The third-order valence-electron chi connectivity index (χ3n) is 3.62. The van der Waals surface area contributed by atoms with Crippen molar-refractivity contribution in [2.45, 2.75) is 24.1 Å². The molecule has 27 heavy (non-hydrogen) atoms. The van der Waals surface area contributed by atoms with Crippen LogP contribution in [-0.2, 0) is 12.3 Å². The number of hydrogen-bond acceptors (Lipinski definition) is 5. The summed E-state index contributed by atoms with van der Waals surface area (Å²) in [6, 6.07) is 13.4. The van der Waals surface area contributed by atoms with Gasteiger partial charge in [-0.2, -0.15) is 13.9 Å². The molecular weight excluding hydrogens is 374 g/mol. The van der Waals surface area contributed by atoms with E-state index in [1.807, 2.05) is 12.1 Å². The van der Waals surface area contributed by atoms with Crippen LogP contribution in [0, 0.1) is 0 Å². The standard InChI is InChI=1S/C18H16F2N4O2S/c19-17(20)26-14-7-5-12(6-8-14)9-21-16(25)15-4-2-1-3-13(15)10-27-18-22-11-23-24-18/h1-8,11,17H,9-10H2,(H,21,25)(H,22,23,24). The molecule has 0 saturated carbocycles. The van der Waals surface area contributed by atoms with E-state index >= 15 is 0 Å². The number of H-pyrrole nitrogens is 1. The molecule has 1 amide bonds. The van der Waals surface area contributed by atoms with Crippen LogP contribution in [0.5, 0.6) is 5.75 Å². The SMILES string of the molecule is O=C(NCc1ccc(OC(F)F)cc1)c1ccccc1CSc1ncn[nH]1. The highest BCUT2D eigenvalue weighted by molar-refractivity contribution is 7.98. The largest absolute Gasteiger partial charge is 0.435 e. The number of amides is 1. The summed E-state index contributed by atoms with van der Waals surface area (Å²) in [6.07, 6.45) is 1.43. The van der Waals surface area contributed by atoms with E-state index in [-0.39, 0.29) is 18.2 Å². The third-order valence-corrected chi connectivity index (χ3v) is 4.55. The van der Waals surface area contributed by atoms with Crippen LogP contribution in [0.4, 0.5) is 8.78 Å². The number of thioether (sulfide) groups is 1. The van der Waals surface area contributed by atoms with Crippen molar-refractivity contribution in [3.05, 3.63) is 71.5 Å². The molecule has 2 N–H and O–H groups in total. The Morgan fingerprint density at radius 3 is 2.67 bits per heavy atom. The smallest absolute Gasteiger partial charge is 0.387 e. The van der Waals surface area contributed by atoms with Gasteiger partial charge in [0.05, 0.1) is 0 Å². The van der Waals surface area contributed by atoms with Gasteiger partial charge in [0, 0.05) is 17.9 Å². The molecule has 140 valence electrons. The van der Waals surface area contributed by atoms with Gasteiger partial charge in [-0.3, -0.25) is 9.89 Å². The quantitative estimate of drug-likeness (QED) is 0.574. The molecule has 0 spiro atoms. The van der Waals surface area contributed by atoms with Gasteiger partial charge in [-0.25, -0.2) is 4.98 Å². The number of ether oxygens (including phenoxy) is 1. The maximum absolute atomic E-state index is 12.5. The second-order valence-electron chi connectivity index (χ2n) is 5.44. The Kier molecular flexibility index (Phi) is 6.37. The summed E-state index contributed by atoms with van der Waals surface area (Å²) < 4.78 is 28.6. The molecule has 3 aromatic rings. The van der Waals surface area contributed by atoms with Gasteiger partial charge >= 0.3 is 6.61 Å². The Bertz CT molecular complexity index is 873. The van der Waals surface area contributed by atoms with E-state index in [0.29, 0.717) is 16.5 Å². The van der Waals surface area contributed by atoms with Crippen molar-refractivity contribution in [2.75, 3.05) is 0 Å². The fraction of sp³-hybridized carbons (Fsp3) is 0.167. The predicted molar refractivity (Wildman–Crippen MR) is 96.6 cm³/mol. The second-order valence-corrected chi connectivity index (χ2v) is 6.41. The van der Waals surface area contributed by atoms with E-state index in [1.54, 1.807) is 24.3 Å². The highest BCUT2D eigenvalue weighted by Crippen LogP contribution is 2.21. The number of carbonyl (C=O) groups is 1. The Hall–Kier alpha value is -2.94. The number of benzene rings is 2.